The number of hydrogen-bond donors (Lipinski definition) is 1. The number of para-hydroxylation sites is 2. The lowest BCUT2D eigenvalue weighted by Gasteiger charge is -2.12. The maximum atomic E-state index is 14.1. The van der Waals surface area contributed by atoms with Gasteiger partial charge in [-0.05, 0) is 18.2 Å². The molecule has 0 aliphatic carbocycles. The van der Waals surface area contributed by atoms with Crippen molar-refractivity contribution in [1.29, 1.82) is 0 Å². The number of benzene rings is 2. The summed E-state index contributed by atoms with van der Waals surface area (Å²) >= 11 is 0. The van der Waals surface area contributed by atoms with E-state index in [9.17, 15) is 17.6 Å². The minimum absolute atomic E-state index is 0.0173. The summed E-state index contributed by atoms with van der Waals surface area (Å²) < 4.78 is 39.5. The molecule has 6 nitrogen and oxygen atoms in total. The number of hydrogen-bond acceptors (Lipinski definition) is 4. The van der Waals surface area contributed by atoms with Crippen LogP contribution in [0.25, 0.3) is 16.7 Å². The van der Waals surface area contributed by atoms with Crippen LogP contribution in [-0.4, -0.2) is 35.3 Å². The van der Waals surface area contributed by atoms with Gasteiger partial charge in [0, 0.05) is 12.3 Å². The minimum Gasteiger partial charge on any atom is -0.478 e. The summed E-state index contributed by atoms with van der Waals surface area (Å²) in [6, 6.07) is 8.67. The van der Waals surface area contributed by atoms with Crippen LogP contribution in [0.2, 0.25) is 0 Å². The van der Waals surface area contributed by atoms with Crippen LogP contribution in [-0.2, 0) is 9.84 Å². The highest BCUT2D eigenvalue weighted by atomic mass is 32.2. The van der Waals surface area contributed by atoms with E-state index < -0.39 is 27.2 Å². The maximum Gasteiger partial charge on any atom is 0.338 e. The smallest absolute Gasteiger partial charge is 0.338 e. The Kier molecular flexibility index (Phi) is 3.41. The van der Waals surface area contributed by atoms with Crippen LogP contribution in [0.3, 0.4) is 0 Å². The molecule has 1 heterocycles. The predicted molar refractivity (Wildman–Crippen MR) is 81.1 cm³/mol. The van der Waals surface area contributed by atoms with Crippen molar-refractivity contribution in [2.45, 2.75) is 4.90 Å². The number of imidazole rings is 1. The summed E-state index contributed by atoms with van der Waals surface area (Å²) in [7, 11) is -3.78. The van der Waals surface area contributed by atoms with Crippen LogP contribution in [0.1, 0.15) is 10.4 Å². The summed E-state index contributed by atoms with van der Waals surface area (Å²) in [6.45, 7) is 0. The van der Waals surface area contributed by atoms with Crippen molar-refractivity contribution in [3.05, 3.63) is 54.1 Å². The molecule has 1 N–H and O–H groups in total. The standard InChI is InChI=1S/C15H11FN2O4S/c1-23(21,22)14-6-9(15(19)20)10(16)7-13(14)18-8-17-11-4-2-3-5-12(11)18/h2-8H,1H3,(H,19,20). The number of aromatic nitrogens is 2. The molecule has 0 aliphatic heterocycles. The number of carboxylic acids is 1. The largest absolute Gasteiger partial charge is 0.478 e. The Morgan fingerprint density at radius 2 is 1.96 bits per heavy atom. The number of carboxylic acid groups (broad SMARTS) is 1. The first kappa shape index (κ1) is 15.2. The van der Waals surface area contributed by atoms with E-state index in [1.807, 2.05) is 0 Å². The Labute approximate surface area is 130 Å². The zero-order valence-corrected chi connectivity index (χ0v) is 12.7. The van der Waals surface area contributed by atoms with E-state index in [-0.39, 0.29) is 10.6 Å². The Bertz CT molecular complexity index is 1040. The van der Waals surface area contributed by atoms with Gasteiger partial charge in [-0.25, -0.2) is 22.6 Å². The molecular formula is C15H11FN2O4S. The summed E-state index contributed by atoms with van der Waals surface area (Å²) in [5, 5.41) is 9.00. The molecule has 8 heteroatoms. The Morgan fingerprint density at radius 1 is 1.26 bits per heavy atom. The van der Waals surface area contributed by atoms with Crippen molar-refractivity contribution in [3.8, 4) is 5.69 Å². The quantitative estimate of drug-likeness (QED) is 0.742. The van der Waals surface area contributed by atoms with Crippen LogP contribution in [0.15, 0.2) is 47.6 Å². The summed E-state index contributed by atoms with van der Waals surface area (Å²) in [5.41, 5.74) is 0.511. The molecule has 0 fully saturated rings. The van der Waals surface area contributed by atoms with Crippen molar-refractivity contribution in [1.82, 2.24) is 9.55 Å². The lowest BCUT2D eigenvalue weighted by molar-refractivity contribution is 0.0691. The topological polar surface area (TPSA) is 89.3 Å². The molecule has 0 aliphatic rings. The van der Waals surface area contributed by atoms with E-state index >= 15 is 0 Å². The monoisotopic (exact) mass is 334 g/mol. The first-order valence-corrected chi connectivity index (χ1v) is 8.37. The Hall–Kier alpha value is -2.74. The zero-order valence-electron chi connectivity index (χ0n) is 11.9. The SMILES string of the molecule is CS(=O)(=O)c1cc(C(=O)O)c(F)cc1-n1cnc2ccccc21. The lowest BCUT2D eigenvalue weighted by Crippen LogP contribution is -2.10. The van der Waals surface area contributed by atoms with Gasteiger partial charge in [-0.3, -0.25) is 4.57 Å². The van der Waals surface area contributed by atoms with E-state index in [0.29, 0.717) is 11.0 Å². The maximum absolute atomic E-state index is 14.1. The average Bonchev–Trinajstić information content (AvgIpc) is 2.89. The van der Waals surface area contributed by atoms with E-state index in [1.54, 1.807) is 24.3 Å². The Balaban J connectivity index is 2.39. The Morgan fingerprint density at radius 3 is 2.61 bits per heavy atom. The second-order valence-corrected chi connectivity index (χ2v) is 6.96. The van der Waals surface area contributed by atoms with Gasteiger partial charge in [0.1, 0.15) is 12.1 Å². The molecule has 2 aromatic carbocycles. The number of fused-ring (bicyclic) bond motifs is 1. The molecule has 3 aromatic rings. The van der Waals surface area contributed by atoms with Gasteiger partial charge in [0.05, 0.1) is 27.2 Å². The predicted octanol–water partition coefficient (Wildman–Crippen LogP) is 2.27. The van der Waals surface area contributed by atoms with E-state index in [1.165, 1.54) is 10.9 Å². The highest BCUT2D eigenvalue weighted by molar-refractivity contribution is 7.90. The first-order chi connectivity index (χ1) is 10.8. The highest BCUT2D eigenvalue weighted by Gasteiger charge is 2.22. The fourth-order valence-electron chi connectivity index (χ4n) is 2.34. The van der Waals surface area contributed by atoms with Crippen molar-refractivity contribution in [3.63, 3.8) is 0 Å². The lowest BCUT2D eigenvalue weighted by atomic mass is 10.2. The van der Waals surface area contributed by atoms with Gasteiger partial charge in [-0.2, -0.15) is 0 Å². The van der Waals surface area contributed by atoms with Crippen LogP contribution in [0.5, 0.6) is 0 Å². The zero-order chi connectivity index (χ0) is 16.8. The summed E-state index contributed by atoms with van der Waals surface area (Å²) in [5.74, 6) is -2.55. The highest BCUT2D eigenvalue weighted by Crippen LogP contribution is 2.27. The van der Waals surface area contributed by atoms with E-state index in [0.717, 1.165) is 18.4 Å². The van der Waals surface area contributed by atoms with E-state index in [4.69, 9.17) is 5.11 Å². The third kappa shape index (κ3) is 2.57. The number of rotatable bonds is 3. The molecule has 0 radical (unpaired) electrons. The molecule has 0 atom stereocenters. The number of halogens is 1. The van der Waals surface area contributed by atoms with Gasteiger partial charge < -0.3 is 5.11 Å². The van der Waals surface area contributed by atoms with Crippen LogP contribution < -0.4 is 0 Å². The normalized spacial score (nSPS) is 11.7. The fourth-order valence-corrected chi connectivity index (χ4v) is 3.21. The molecule has 1 aromatic heterocycles. The van der Waals surface area contributed by atoms with Gasteiger partial charge in [-0.15, -0.1) is 0 Å². The molecule has 0 saturated heterocycles. The number of carbonyl (C=O) groups is 1. The van der Waals surface area contributed by atoms with Gasteiger partial charge in [0.2, 0.25) is 0 Å². The average molecular weight is 334 g/mol. The van der Waals surface area contributed by atoms with Crippen molar-refractivity contribution in [2.24, 2.45) is 0 Å². The van der Waals surface area contributed by atoms with Gasteiger partial charge >= 0.3 is 5.97 Å². The molecule has 0 amide bonds. The fraction of sp³-hybridized carbons (Fsp3) is 0.0667. The van der Waals surface area contributed by atoms with Crippen LogP contribution in [0.4, 0.5) is 4.39 Å². The number of nitrogens with zero attached hydrogens (tertiary/aromatic N) is 2. The molecule has 0 bridgehead atoms. The van der Waals surface area contributed by atoms with Gasteiger partial charge in [-0.1, -0.05) is 12.1 Å². The minimum atomic E-state index is -3.78. The van der Waals surface area contributed by atoms with Crippen molar-refractivity contribution in [2.75, 3.05) is 6.26 Å². The first-order valence-electron chi connectivity index (χ1n) is 6.48. The van der Waals surface area contributed by atoms with Crippen molar-refractivity contribution >= 4 is 26.8 Å². The summed E-state index contributed by atoms with van der Waals surface area (Å²) in [4.78, 5) is 14.9. The molecule has 0 spiro atoms. The molecular weight excluding hydrogens is 323 g/mol. The van der Waals surface area contributed by atoms with Gasteiger partial charge in [0.15, 0.2) is 9.84 Å². The van der Waals surface area contributed by atoms with Gasteiger partial charge in [0.25, 0.3) is 0 Å². The molecule has 0 saturated carbocycles. The van der Waals surface area contributed by atoms with Crippen LogP contribution >= 0.6 is 0 Å². The molecule has 3 rings (SSSR count). The molecule has 23 heavy (non-hydrogen) atoms. The van der Waals surface area contributed by atoms with Crippen LogP contribution in [0, 0.1) is 5.82 Å². The second kappa shape index (κ2) is 5.17. The number of aromatic carboxylic acids is 1. The molecule has 118 valence electrons. The molecule has 0 unspecified atom stereocenters. The summed E-state index contributed by atoms with van der Waals surface area (Å²) in [6.07, 6.45) is 2.31. The van der Waals surface area contributed by atoms with Crippen molar-refractivity contribution < 1.29 is 22.7 Å². The second-order valence-electron chi connectivity index (χ2n) is 4.98. The third-order valence-corrected chi connectivity index (χ3v) is 4.52. The third-order valence-electron chi connectivity index (χ3n) is 3.39. The van der Waals surface area contributed by atoms with E-state index in [2.05, 4.69) is 4.98 Å². The number of sulfone groups is 1.